The molecule has 0 aliphatic heterocycles. The van der Waals surface area contributed by atoms with Crippen LogP contribution in [0.15, 0.2) is 71.3 Å². The molecule has 1 heterocycles. The molecular formula is C20H17NO5. The van der Waals surface area contributed by atoms with E-state index in [0.717, 1.165) is 11.3 Å². The molecular weight excluding hydrogens is 334 g/mol. The van der Waals surface area contributed by atoms with Gasteiger partial charge in [-0.05, 0) is 55.5 Å². The summed E-state index contributed by atoms with van der Waals surface area (Å²) in [7, 11) is 0. The average Bonchev–Trinajstić information content (AvgIpc) is 3.18. The van der Waals surface area contributed by atoms with Gasteiger partial charge in [-0.2, -0.15) is 0 Å². The van der Waals surface area contributed by atoms with Crippen molar-refractivity contribution < 1.29 is 23.5 Å². The lowest BCUT2D eigenvalue weighted by Crippen LogP contribution is -2.20. The number of hydrogen-bond donors (Lipinski definition) is 1. The molecule has 0 bridgehead atoms. The third kappa shape index (κ3) is 4.73. The zero-order valence-corrected chi connectivity index (χ0v) is 14.1. The number of hydrogen-bond acceptors (Lipinski definition) is 5. The molecule has 1 N–H and O–H groups in total. The van der Waals surface area contributed by atoms with Crippen molar-refractivity contribution in [2.45, 2.75) is 6.92 Å². The molecule has 26 heavy (non-hydrogen) atoms. The molecule has 0 fully saturated rings. The Balaban J connectivity index is 1.49. The van der Waals surface area contributed by atoms with Crippen molar-refractivity contribution in [1.29, 1.82) is 0 Å². The van der Waals surface area contributed by atoms with Gasteiger partial charge in [0.15, 0.2) is 6.61 Å². The summed E-state index contributed by atoms with van der Waals surface area (Å²) in [5.74, 6) is 0.299. The van der Waals surface area contributed by atoms with Gasteiger partial charge >= 0.3 is 5.97 Å². The predicted octanol–water partition coefficient (Wildman–Crippen LogP) is 4.18. The topological polar surface area (TPSA) is 77.8 Å². The van der Waals surface area contributed by atoms with Gasteiger partial charge in [-0.25, -0.2) is 4.79 Å². The molecule has 0 radical (unpaired) electrons. The first-order chi connectivity index (χ1) is 12.6. The summed E-state index contributed by atoms with van der Waals surface area (Å²) in [4.78, 5) is 23.4. The highest BCUT2D eigenvalue weighted by molar-refractivity contribution is 5.94. The first-order valence-corrected chi connectivity index (χ1v) is 7.95. The van der Waals surface area contributed by atoms with E-state index in [4.69, 9.17) is 13.9 Å². The van der Waals surface area contributed by atoms with Crippen LogP contribution in [0.4, 0.5) is 5.69 Å². The Kier molecular flexibility index (Phi) is 5.34. The predicted molar refractivity (Wildman–Crippen MR) is 95.3 cm³/mol. The molecule has 3 aromatic rings. The number of benzene rings is 2. The Bertz CT molecular complexity index is 868. The normalized spacial score (nSPS) is 10.2. The molecule has 6 heteroatoms. The van der Waals surface area contributed by atoms with Gasteiger partial charge in [0.05, 0.1) is 6.26 Å². The molecule has 1 amide bonds. The van der Waals surface area contributed by atoms with Crippen LogP contribution >= 0.6 is 0 Å². The van der Waals surface area contributed by atoms with Crippen molar-refractivity contribution in [1.82, 2.24) is 0 Å². The Morgan fingerprint density at radius 3 is 2.23 bits per heavy atom. The molecule has 2 aromatic carbocycles. The van der Waals surface area contributed by atoms with Crippen molar-refractivity contribution in [3.63, 3.8) is 0 Å². The highest BCUT2D eigenvalue weighted by Gasteiger charge is 2.12. The fraction of sp³-hybridized carbons (Fsp3) is 0.100. The Morgan fingerprint density at radius 1 is 0.962 bits per heavy atom. The minimum absolute atomic E-state index is 0.0513. The maximum absolute atomic E-state index is 11.8. The summed E-state index contributed by atoms with van der Waals surface area (Å²) >= 11 is 0. The first kappa shape index (κ1) is 17.3. The van der Waals surface area contributed by atoms with Crippen LogP contribution in [-0.2, 0) is 9.53 Å². The number of ether oxygens (including phenoxy) is 2. The summed E-state index contributed by atoms with van der Waals surface area (Å²) < 4.78 is 15.5. The minimum Gasteiger partial charge on any atom is -0.457 e. The number of esters is 1. The van der Waals surface area contributed by atoms with Crippen molar-refractivity contribution in [3.05, 3.63) is 78.3 Å². The molecule has 0 aliphatic carbocycles. The van der Waals surface area contributed by atoms with Gasteiger partial charge in [-0.15, -0.1) is 0 Å². The van der Waals surface area contributed by atoms with Gasteiger partial charge < -0.3 is 19.2 Å². The highest BCUT2D eigenvalue weighted by atomic mass is 16.5. The van der Waals surface area contributed by atoms with Crippen molar-refractivity contribution in [2.75, 3.05) is 11.9 Å². The number of amides is 1. The number of nitrogens with one attached hydrogen (secondary N) is 1. The molecule has 6 nitrogen and oxygen atoms in total. The second-order valence-corrected chi connectivity index (χ2v) is 5.54. The van der Waals surface area contributed by atoms with Crippen LogP contribution in [0.2, 0.25) is 0 Å². The summed E-state index contributed by atoms with van der Waals surface area (Å²) in [6.45, 7) is 1.61. The van der Waals surface area contributed by atoms with Crippen LogP contribution in [0.5, 0.6) is 11.5 Å². The lowest BCUT2D eigenvalue weighted by Gasteiger charge is -2.08. The number of carbonyl (C=O) groups is 2. The molecule has 132 valence electrons. The van der Waals surface area contributed by atoms with Crippen LogP contribution in [-0.4, -0.2) is 18.5 Å². The zero-order valence-electron chi connectivity index (χ0n) is 14.1. The van der Waals surface area contributed by atoms with Gasteiger partial charge in [0, 0.05) is 5.69 Å². The van der Waals surface area contributed by atoms with Crippen molar-refractivity contribution in [2.24, 2.45) is 0 Å². The van der Waals surface area contributed by atoms with E-state index in [-0.39, 0.29) is 5.76 Å². The van der Waals surface area contributed by atoms with Gasteiger partial charge in [0.25, 0.3) is 5.91 Å². The third-order valence-corrected chi connectivity index (χ3v) is 3.45. The largest absolute Gasteiger partial charge is 0.457 e. The molecule has 0 aliphatic rings. The van der Waals surface area contributed by atoms with E-state index in [2.05, 4.69) is 5.32 Å². The van der Waals surface area contributed by atoms with E-state index in [9.17, 15) is 9.59 Å². The standard InChI is InChI=1S/C20H17NO5/c1-14-4-8-16(9-5-14)26-17-10-6-15(7-11-17)21-19(22)13-25-20(23)18-3-2-12-24-18/h2-12H,13H2,1H3,(H,21,22). The van der Waals surface area contributed by atoms with Gasteiger partial charge in [0.2, 0.25) is 5.76 Å². The second-order valence-electron chi connectivity index (χ2n) is 5.54. The second kappa shape index (κ2) is 8.02. The Labute approximate surface area is 150 Å². The highest BCUT2D eigenvalue weighted by Crippen LogP contribution is 2.23. The van der Waals surface area contributed by atoms with Crippen LogP contribution < -0.4 is 10.1 Å². The maximum Gasteiger partial charge on any atom is 0.374 e. The molecule has 0 spiro atoms. The van der Waals surface area contributed by atoms with E-state index in [0.29, 0.717) is 11.4 Å². The summed E-state index contributed by atoms with van der Waals surface area (Å²) in [6, 6.07) is 17.6. The number of rotatable bonds is 6. The monoisotopic (exact) mass is 351 g/mol. The summed E-state index contributed by atoms with van der Waals surface area (Å²) in [5, 5.41) is 2.64. The lowest BCUT2D eigenvalue weighted by atomic mass is 10.2. The maximum atomic E-state index is 11.8. The van der Waals surface area contributed by atoms with Crippen LogP contribution in [0, 0.1) is 6.92 Å². The average molecular weight is 351 g/mol. The fourth-order valence-corrected chi connectivity index (χ4v) is 2.14. The SMILES string of the molecule is Cc1ccc(Oc2ccc(NC(=O)COC(=O)c3ccco3)cc2)cc1. The number of anilines is 1. The molecule has 0 saturated carbocycles. The Hall–Kier alpha value is -3.54. The van der Waals surface area contributed by atoms with Crippen LogP contribution in [0.25, 0.3) is 0 Å². The smallest absolute Gasteiger partial charge is 0.374 e. The third-order valence-electron chi connectivity index (χ3n) is 3.45. The summed E-state index contributed by atoms with van der Waals surface area (Å²) in [5.41, 5.74) is 1.73. The summed E-state index contributed by atoms with van der Waals surface area (Å²) in [6.07, 6.45) is 1.36. The molecule has 3 rings (SSSR count). The number of aryl methyl sites for hydroxylation is 1. The van der Waals surface area contributed by atoms with Crippen LogP contribution in [0.3, 0.4) is 0 Å². The van der Waals surface area contributed by atoms with Crippen LogP contribution in [0.1, 0.15) is 16.1 Å². The quantitative estimate of drug-likeness (QED) is 0.674. The lowest BCUT2D eigenvalue weighted by molar-refractivity contribution is -0.119. The van der Waals surface area contributed by atoms with Gasteiger partial charge in [0.1, 0.15) is 11.5 Å². The van der Waals surface area contributed by atoms with Crippen molar-refractivity contribution in [3.8, 4) is 11.5 Å². The van der Waals surface area contributed by atoms with E-state index < -0.39 is 18.5 Å². The molecule has 1 aromatic heterocycles. The van der Waals surface area contributed by atoms with E-state index >= 15 is 0 Å². The molecule has 0 unspecified atom stereocenters. The number of furan rings is 1. The minimum atomic E-state index is -0.688. The van der Waals surface area contributed by atoms with Gasteiger partial charge in [-0.1, -0.05) is 17.7 Å². The molecule has 0 saturated heterocycles. The Morgan fingerprint density at radius 2 is 1.62 bits per heavy atom. The number of carbonyl (C=O) groups excluding carboxylic acids is 2. The first-order valence-electron chi connectivity index (χ1n) is 7.95. The fourth-order valence-electron chi connectivity index (χ4n) is 2.14. The van der Waals surface area contributed by atoms with Gasteiger partial charge in [-0.3, -0.25) is 4.79 Å². The van der Waals surface area contributed by atoms with E-state index in [1.807, 2.05) is 31.2 Å². The zero-order chi connectivity index (χ0) is 18.4. The van der Waals surface area contributed by atoms with Crippen molar-refractivity contribution >= 4 is 17.6 Å². The molecule has 0 atom stereocenters. The van der Waals surface area contributed by atoms with E-state index in [1.165, 1.54) is 12.3 Å². The van der Waals surface area contributed by atoms with E-state index in [1.54, 1.807) is 30.3 Å².